The van der Waals surface area contributed by atoms with E-state index in [4.69, 9.17) is 16.3 Å². The molecule has 0 spiro atoms. The number of hydrogen-bond acceptors (Lipinski definition) is 3. The Morgan fingerprint density at radius 1 is 1.31 bits per heavy atom. The molecule has 0 N–H and O–H groups in total. The normalized spacial score (nSPS) is 8.88. The number of halogens is 2. The average molecular weight is 351 g/mol. The molecule has 0 saturated heterocycles. The quantitative estimate of drug-likeness (QED) is 0.476. The smallest absolute Gasteiger partial charge is 0.429 e. The van der Waals surface area contributed by atoms with Crippen LogP contribution >= 0.6 is 34.2 Å². The SMILES string of the molecule is O=C(OCC#CI)OCc1ccc(Cl)cc1. The fraction of sp³-hybridized carbons (Fsp3) is 0.182. The highest BCUT2D eigenvalue weighted by Crippen LogP contribution is 2.10. The van der Waals surface area contributed by atoms with E-state index in [1.807, 2.05) is 22.6 Å². The summed E-state index contributed by atoms with van der Waals surface area (Å²) in [4.78, 5) is 11.0. The Morgan fingerprint density at radius 3 is 2.62 bits per heavy atom. The van der Waals surface area contributed by atoms with Crippen LogP contribution in [0.2, 0.25) is 5.02 Å². The molecule has 0 radical (unpaired) electrons. The molecule has 1 aromatic carbocycles. The van der Waals surface area contributed by atoms with Crippen molar-refractivity contribution in [3.8, 4) is 9.85 Å². The van der Waals surface area contributed by atoms with Gasteiger partial charge in [0.25, 0.3) is 0 Å². The van der Waals surface area contributed by atoms with Gasteiger partial charge in [0.2, 0.25) is 0 Å². The van der Waals surface area contributed by atoms with Crippen molar-refractivity contribution in [3.05, 3.63) is 34.9 Å². The van der Waals surface area contributed by atoms with Crippen LogP contribution in [0.5, 0.6) is 0 Å². The summed E-state index contributed by atoms with van der Waals surface area (Å²) < 4.78 is 12.1. The maximum atomic E-state index is 11.0. The lowest BCUT2D eigenvalue weighted by Gasteiger charge is -2.03. The van der Waals surface area contributed by atoms with Crippen molar-refractivity contribution in [2.24, 2.45) is 0 Å². The predicted molar refractivity (Wildman–Crippen MR) is 69.4 cm³/mol. The van der Waals surface area contributed by atoms with E-state index in [-0.39, 0.29) is 13.2 Å². The molecule has 0 saturated carbocycles. The second-order valence-electron chi connectivity index (χ2n) is 2.73. The van der Waals surface area contributed by atoms with Gasteiger partial charge in [-0.1, -0.05) is 29.7 Å². The molecule has 0 fully saturated rings. The number of carbonyl (C=O) groups is 1. The van der Waals surface area contributed by atoms with Gasteiger partial charge in [-0.15, -0.1) is 0 Å². The Kier molecular flexibility index (Phi) is 6.04. The Bertz CT molecular complexity index is 405. The summed E-state index contributed by atoms with van der Waals surface area (Å²) in [6.07, 6.45) is -0.728. The van der Waals surface area contributed by atoms with Crippen molar-refractivity contribution in [3.63, 3.8) is 0 Å². The molecule has 1 rings (SSSR count). The minimum absolute atomic E-state index is 0.0440. The molecule has 16 heavy (non-hydrogen) atoms. The van der Waals surface area contributed by atoms with Crippen molar-refractivity contribution >= 4 is 40.3 Å². The molecule has 0 aliphatic carbocycles. The highest BCUT2D eigenvalue weighted by Gasteiger charge is 2.02. The first-order valence-corrected chi connectivity index (χ1v) is 5.80. The fourth-order valence-electron chi connectivity index (χ4n) is 0.887. The summed E-state index contributed by atoms with van der Waals surface area (Å²) in [6.45, 7) is 0.204. The topological polar surface area (TPSA) is 35.5 Å². The number of rotatable bonds is 3. The molecule has 0 atom stereocenters. The van der Waals surface area contributed by atoms with Gasteiger partial charge in [0, 0.05) is 27.6 Å². The van der Waals surface area contributed by atoms with Crippen LogP contribution in [-0.2, 0) is 16.1 Å². The molecule has 84 valence electrons. The van der Waals surface area contributed by atoms with E-state index in [1.54, 1.807) is 24.3 Å². The van der Waals surface area contributed by atoms with Gasteiger partial charge in [-0.3, -0.25) is 0 Å². The third-order valence-electron chi connectivity index (χ3n) is 1.60. The highest BCUT2D eigenvalue weighted by molar-refractivity contribution is 14.1. The molecular weight excluding hydrogens is 342 g/mol. The lowest BCUT2D eigenvalue weighted by atomic mass is 10.2. The molecule has 0 amide bonds. The van der Waals surface area contributed by atoms with Crippen LogP contribution in [0.3, 0.4) is 0 Å². The second-order valence-corrected chi connectivity index (χ2v) is 3.70. The lowest BCUT2D eigenvalue weighted by molar-refractivity contribution is 0.0589. The average Bonchev–Trinajstić information content (AvgIpc) is 2.29. The molecular formula is C11H8ClIO3. The maximum absolute atomic E-state index is 11.0. The number of benzene rings is 1. The maximum Gasteiger partial charge on any atom is 0.509 e. The van der Waals surface area contributed by atoms with E-state index < -0.39 is 6.16 Å². The summed E-state index contributed by atoms with van der Waals surface area (Å²) in [7, 11) is 0. The van der Waals surface area contributed by atoms with E-state index in [0.717, 1.165) is 5.56 Å². The molecule has 0 heterocycles. The molecule has 3 nitrogen and oxygen atoms in total. The van der Waals surface area contributed by atoms with Crippen molar-refractivity contribution in [2.75, 3.05) is 6.61 Å². The van der Waals surface area contributed by atoms with E-state index in [2.05, 4.69) is 14.6 Å². The minimum Gasteiger partial charge on any atom is -0.429 e. The Balaban J connectivity index is 2.30. The second kappa shape index (κ2) is 7.36. The molecule has 1 aromatic rings. The van der Waals surface area contributed by atoms with E-state index in [0.29, 0.717) is 5.02 Å². The van der Waals surface area contributed by atoms with Crippen molar-refractivity contribution in [1.29, 1.82) is 0 Å². The van der Waals surface area contributed by atoms with Crippen LogP contribution in [-0.4, -0.2) is 12.8 Å². The largest absolute Gasteiger partial charge is 0.509 e. The van der Waals surface area contributed by atoms with Crippen LogP contribution in [0.15, 0.2) is 24.3 Å². The van der Waals surface area contributed by atoms with Gasteiger partial charge in [-0.2, -0.15) is 0 Å². The van der Waals surface area contributed by atoms with E-state index >= 15 is 0 Å². The molecule has 0 unspecified atom stereocenters. The van der Waals surface area contributed by atoms with Gasteiger partial charge in [0.1, 0.15) is 6.61 Å². The summed E-state index contributed by atoms with van der Waals surface area (Å²) in [5.74, 6) is 2.58. The molecule has 5 heteroatoms. The van der Waals surface area contributed by atoms with Gasteiger partial charge < -0.3 is 9.47 Å². The van der Waals surface area contributed by atoms with Crippen molar-refractivity contribution < 1.29 is 14.3 Å². The van der Waals surface area contributed by atoms with Crippen molar-refractivity contribution in [2.45, 2.75) is 6.61 Å². The molecule has 0 bridgehead atoms. The standard InChI is InChI=1S/C11H8ClIO3/c12-10-4-2-9(3-5-10)8-16-11(14)15-7-1-6-13/h2-5H,7-8H2. The fourth-order valence-corrected chi connectivity index (χ4v) is 1.17. The summed E-state index contributed by atoms with van der Waals surface area (Å²) >= 11 is 7.57. The van der Waals surface area contributed by atoms with Crippen molar-refractivity contribution in [1.82, 2.24) is 0 Å². The van der Waals surface area contributed by atoms with E-state index in [9.17, 15) is 4.79 Å². The van der Waals surface area contributed by atoms with Gasteiger partial charge in [-0.25, -0.2) is 4.79 Å². The first-order valence-electron chi connectivity index (χ1n) is 4.35. The zero-order valence-electron chi connectivity index (χ0n) is 8.20. The number of ether oxygens (including phenoxy) is 2. The van der Waals surface area contributed by atoms with Gasteiger partial charge in [-0.05, 0) is 21.6 Å². The van der Waals surface area contributed by atoms with Crippen LogP contribution in [0.4, 0.5) is 4.79 Å². The highest BCUT2D eigenvalue weighted by atomic mass is 127. The summed E-state index contributed by atoms with van der Waals surface area (Å²) in [5.41, 5.74) is 0.848. The summed E-state index contributed by atoms with van der Waals surface area (Å²) in [6, 6.07) is 7.01. The Hall–Kier alpha value is -0.930. The Labute approximate surface area is 112 Å². The van der Waals surface area contributed by atoms with Crippen LogP contribution in [0.1, 0.15) is 5.56 Å². The zero-order chi connectivity index (χ0) is 11.8. The van der Waals surface area contributed by atoms with Crippen LogP contribution < -0.4 is 0 Å². The third-order valence-corrected chi connectivity index (χ3v) is 2.23. The van der Waals surface area contributed by atoms with Gasteiger partial charge >= 0.3 is 6.16 Å². The monoisotopic (exact) mass is 350 g/mol. The van der Waals surface area contributed by atoms with Crippen LogP contribution in [0.25, 0.3) is 0 Å². The van der Waals surface area contributed by atoms with Crippen LogP contribution in [0, 0.1) is 9.85 Å². The van der Waals surface area contributed by atoms with Gasteiger partial charge in [0.15, 0.2) is 6.61 Å². The molecule has 0 aromatic heterocycles. The molecule has 0 aliphatic rings. The number of carbonyl (C=O) groups excluding carboxylic acids is 1. The minimum atomic E-state index is -0.728. The predicted octanol–water partition coefficient (Wildman–Crippen LogP) is 3.39. The first kappa shape index (κ1) is 13.1. The number of hydrogen-bond donors (Lipinski definition) is 0. The summed E-state index contributed by atoms with van der Waals surface area (Å²) in [5, 5.41) is 0.642. The van der Waals surface area contributed by atoms with Gasteiger partial charge in [0.05, 0.1) is 0 Å². The van der Waals surface area contributed by atoms with E-state index in [1.165, 1.54) is 0 Å². The zero-order valence-corrected chi connectivity index (χ0v) is 11.1. The first-order chi connectivity index (χ1) is 7.72. The third kappa shape index (κ3) is 5.24. The Morgan fingerprint density at radius 2 is 2.00 bits per heavy atom. The lowest BCUT2D eigenvalue weighted by Crippen LogP contribution is -2.07. The molecule has 0 aliphatic heterocycles.